The zero-order valence-electron chi connectivity index (χ0n) is 10.0. The number of aliphatic hydroxyl groups is 3. The number of fused-ring (bicyclic) bond motifs is 1. The van der Waals surface area contributed by atoms with E-state index in [9.17, 15) is 23.7 Å². The Morgan fingerprint density at radius 2 is 1.94 bits per heavy atom. The SMILES string of the molecule is CS(=O)(=O)O[C@H]1CN2C[C@@H](O)[C@@H](O)[C@H]2[C@H]1CO.[B]. The van der Waals surface area contributed by atoms with Gasteiger partial charge >= 0.3 is 0 Å². The molecule has 0 aromatic heterocycles. The summed E-state index contributed by atoms with van der Waals surface area (Å²) in [6.45, 7) is 0.272. The van der Waals surface area contributed by atoms with Gasteiger partial charge < -0.3 is 15.3 Å². The molecule has 103 valence electrons. The zero-order valence-corrected chi connectivity index (χ0v) is 10.8. The van der Waals surface area contributed by atoms with Crippen LogP contribution in [0.4, 0.5) is 0 Å². The molecule has 2 saturated heterocycles. The van der Waals surface area contributed by atoms with Crippen LogP contribution in [0.3, 0.4) is 0 Å². The summed E-state index contributed by atoms with van der Waals surface area (Å²) >= 11 is 0. The van der Waals surface area contributed by atoms with Crippen molar-refractivity contribution >= 4 is 18.5 Å². The molecule has 2 heterocycles. The molecule has 2 fully saturated rings. The van der Waals surface area contributed by atoms with Crippen LogP contribution in [0, 0.1) is 5.92 Å². The molecule has 0 bridgehead atoms. The molecular weight excluding hydrogens is 261 g/mol. The highest BCUT2D eigenvalue weighted by Gasteiger charge is 2.53. The average Bonchev–Trinajstić information content (AvgIpc) is 2.63. The first-order valence-corrected chi connectivity index (χ1v) is 7.24. The molecule has 18 heavy (non-hydrogen) atoms. The molecule has 2 aliphatic rings. The zero-order chi connectivity index (χ0) is 12.8. The van der Waals surface area contributed by atoms with Gasteiger partial charge in [-0.3, -0.25) is 9.08 Å². The van der Waals surface area contributed by atoms with Gasteiger partial charge in [-0.15, -0.1) is 0 Å². The van der Waals surface area contributed by atoms with E-state index in [2.05, 4.69) is 0 Å². The van der Waals surface area contributed by atoms with Crippen LogP contribution in [-0.4, -0.2) is 87.4 Å². The molecule has 0 spiro atoms. The third-order valence-electron chi connectivity index (χ3n) is 3.43. The van der Waals surface area contributed by atoms with Crippen LogP contribution in [0.15, 0.2) is 0 Å². The summed E-state index contributed by atoms with van der Waals surface area (Å²) in [4.78, 5) is 1.76. The van der Waals surface area contributed by atoms with Crippen molar-refractivity contribution in [2.24, 2.45) is 5.92 Å². The second kappa shape index (κ2) is 5.44. The summed E-state index contributed by atoms with van der Waals surface area (Å²) < 4.78 is 27.1. The average molecular weight is 278 g/mol. The second-order valence-electron chi connectivity index (χ2n) is 4.69. The maximum Gasteiger partial charge on any atom is 0.264 e. The van der Waals surface area contributed by atoms with Gasteiger partial charge in [0.05, 0.1) is 31.2 Å². The van der Waals surface area contributed by atoms with E-state index in [-0.39, 0.29) is 28.1 Å². The fourth-order valence-electron chi connectivity index (χ4n) is 2.77. The van der Waals surface area contributed by atoms with E-state index in [0.29, 0.717) is 0 Å². The molecule has 9 heteroatoms. The lowest BCUT2D eigenvalue weighted by atomic mass is 9.94. The third kappa shape index (κ3) is 2.86. The number of hydrogen-bond acceptors (Lipinski definition) is 7. The van der Waals surface area contributed by atoms with Crippen molar-refractivity contribution in [1.29, 1.82) is 0 Å². The number of aliphatic hydroxyl groups excluding tert-OH is 3. The molecule has 0 unspecified atom stereocenters. The minimum atomic E-state index is -3.59. The minimum Gasteiger partial charge on any atom is -0.396 e. The monoisotopic (exact) mass is 278 g/mol. The Balaban J connectivity index is 0.00000162. The lowest BCUT2D eigenvalue weighted by Gasteiger charge is -2.23. The van der Waals surface area contributed by atoms with Crippen LogP contribution in [0.2, 0.25) is 0 Å². The quantitative estimate of drug-likeness (QED) is 0.372. The smallest absolute Gasteiger partial charge is 0.264 e. The van der Waals surface area contributed by atoms with E-state index in [1.807, 2.05) is 0 Å². The molecular formula is C9H17BNO6S. The van der Waals surface area contributed by atoms with E-state index < -0.39 is 40.4 Å². The van der Waals surface area contributed by atoms with Gasteiger partial charge in [-0.1, -0.05) is 0 Å². The molecule has 3 radical (unpaired) electrons. The van der Waals surface area contributed by atoms with Crippen molar-refractivity contribution in [3.63, 3.8) is 0 Å². The lowest BCUT2D eigenvalue weighted by Crippen LogP contribution is -2.40. The van der Waals surface area contributed by atoms with Gasteiger partial charge in [-0.2, -0.15) is 8.42 Å². The Kier molecular flexibility index (Phi) is 4.79. The predicted molar refractivity (Wildman–Crippen MR) is 63.4 cm³/mol. The van der Waals surface area contributed by atoms with Gasteiger partial charge in [-0.25, -0.2) is 0 Å². The topological polar surface area (TPSA) is 107 Å². The lowest BCUT2D eigenvalue weighted by molar-refractivity contribution is 0.00970. The summed E-state index contributed by atoms with van der Waals surface area (Å²) in [5, 5.41) is 28.6. The Hall–Kier alpha value is -0.185. The van der Waals surface area contributed by atoms with E-state index in [1.54, 1.807) is 4.90 Å². The van der Waals surface area contributed by atoms with Crippen LogP contribution in [-0.2, 0) is 14.3 Å². The van der Waals surface area contributed by atoms with Crippen LogP contribution in [0.25, 0.3) is 0 Å². The van der Waals surface area contributed by atoms with Crippen molar-refractivity contribution in [3.8, 4) is 0 Å². The van der Waals surface area contributed by atoms with Gasteiger partial charge in [0.2, 0.25) is 0 Å². The standard InChI is InChI=1S/C9H17NO6S.B/c1-17(14,15)16-7-3-10-2-6(12)9(13)8(10)5(7)4-11;/h5-9,11-13H,2-4H2,1H3;/t5-,6+,7-,8+,9+;/m0./s1. The summed E-state index contributed by atoms with van der Waals surface area (Å²) in [6, 6.07) is -0.443. The molecule has 0 aliphatic carbocycles. The van der Waals surface area contributed by atoms with Gasteiger partial charge in [-0.05, 0) is 0 Å². The Morgan fingerprint density at radius 1 is 1.33 bits per heavy atom. The van der Waals surface area contributed by atoms with Gasteiger partial charge in [0.25, 0.3) is 10.1 Å². The molecule has 0 aromatic rings. The molecule has 5 atom stereocenters. The highest BCUT2D eigenvalue weighted by molar-refractivity contribution is 7.86. The first kappa shape index (κ1) is 15.9. The van der Waals surface area contributed by atoms with Crippen molar-refractivity contribution in [2.75, 3.05) is 26.0 Å². The predicted octanol–water partition coefficient (Wildman–Crippen LogP) is -3.02. The maximum atomic E-state index is 11.1. The maximum absolute atomic E-state index is 11.1. The highest BCUT2D eigenvalue weighted by Crippen LogP contribution is 2.35. The van der Waals surface area contributed by atoms with Crippen molar-refractivity contribution in [1.82, 2.24) is 4.90 Å². The van der Waals surface area contributed by atoms with Crippen LogP contribution < -0.4 is 0 Å². The summed E-state index contributed by atoms with van der Waals surface area (Å²) in [6.07, 6.45) is -1.54. The van der Waals surface area contributed by atoms with Gasteiger partial charge in [0.1, 0.15) is 0 Å². The summed E-state index contributed by atoms with van der Waals surface area (Å²) in [7, 11) is -3.59. The van der Waals surface area contributed by atoms with E-state index in [1.165, 1.54) is 0 Å². The molecule has 2 aliphatic heterocycles. The second-order valence-corrected chi connectivity index (χ2v) is 6.29. The van der Waals surface area contributed by atoms with Crippen molar-refractivity contribution in [2.45, 2.75) is 24.4 Å². The van der Waals surface area contributed by atoms with E-state index in [4.69, 9.17) is 4.18 Å². The fourth-order valence-corrected chi connectivity index (χ4v) is 3.42. The van der Waals surface area contributed by atoms with Crippen LogP contribution >= 0.6 is 0 Å². The summed E-state index contributed by atoms with van der Waals surface area (Å²) in [5.74, 6) is -0.503. The molecule has 0 saturated carbocycles. The van der Waals surface area contributed by atoms with Crippen LogP contribution in [0.5, 0.6) is 0 Å². The van der Waals surface area contributed by atoms with E-state index in [0.717, 1.165) is 6.26 Å². The van der Waals surface area contributed by atoms with Crippen molar-refractivity contribution in [3.05, 3.63) is 0 Å². The third-order valence-corrected chi connectivity index (χ3v) is 4.02. The number of hydrogen-bond donors (Lipinski definition) is 3. The Morgan fingerprint density at radius 3 is 2.44 bits per heavy atom. The first-order chi connectivity index (χ1) is 7.83. The normalized spacial score (nSPS) is 40.6. The molecule has 0 aromatic carbocycles. The molecule has 2 rings (SSSR count). The van der Waals surface area contributed by atoms with Gasteiger partial charge in [0.15, 0.2) is 0 Å². The number of nitrogens with zero attached hydrogens (tertiary/aromatic N) is 1. The molecule has 0 amide bonds. The fraction of sp³-hybridized carbons (Fsp3) is 1.00. The van der Waals surface area contributed by atoms with E-state index >= 15 is 0 Å². The number of rotatable bonds is 3. The Labute approximate surface area is 108 Å². The highest BCUT2D eigenvalue weighted by atomic mass is 32.2. The van der Waals surface area contributed by atoms with Crippen LogP contribution in [0.1, 0.15) is 0 Å². The molecule has 3 N–H and O–H groups in total. The minimum absolute atomic E-state index is 0. The Bertz CT molecular complexity index is 391. The largest absolute Gasteiger partial charge is 0.396 e. The summed E-state index contributed by atoms with van der Waals surface area (Å²) in [5.41, 5.74) is 0. The van der Waals surface area contributed by atoms with Crippen molar-refractivity contribution < 1.29 is 27.9 Å². The molecule has 7 nitrogen and oxygen atoms in total. The van der Waals surface area contributed by atoms with Gasteiger partial charge in [0, 0.05) is 33.5 Å². The first-order valence-electron chi connectivity index (χ1n) is 5.43.